The van der Waals surface area contributed by atoms with E-state index in [4.69, 9.17) is 5.73 Å². The predicted octanol–water partition coefficient (Wildman–Crippen LogP) is 1.69. The molecule has 0 unspecified atom stereocenters. The minimum atomic E-state index is -0.218. The fraction of sp³-hybridized carbons (Fsp3) is 0.462. The van der Waals surface area contributed by atoms with E-state index in [0.717, 1.165) is 36.8 Å². The number of nitrogens with zero attached hydrogens (tertiary/aromatic N) is 3. The summed E-state index contributed by atoms with van der Waals surface area (Å²) in [7, 11) is 0. The van der Waals surface area contributed by atoms with Crippen LogP contribution in [0, 0.1) is 0 Å². The highest BCUT2D eigenvalue weighted by Gasteiger charge is 2.21. The van der Waals surface area contributed by atoms with Gasteiger partial charge in [0.15, 0.2) is 5.13 Å². The van der Waals surface area contributed by atoms with E-state index in [1.807, 2.05) is 0 Å². The van der Waals surface area contributed by atoms with Gasteiger partial charge in [0.1, 0.15) is 10.7 Å². The Labute approximate surface area is 131 Å². The summed E-state index contributed by atoms with van der Waals surface area (Å²) >= 11 is 2.95. The molecule has 3 heterocycles. The molecule has 21 heavy (non-hydrogen) atoms. The maximum atomic E-state index is 12.1. The fourth-order valence-corrected chi connectivity index (χ4v) is 3.94. The molecule has 0 aromatic carbocycles. The van der Waals surface area contributed by atoms with Crippen molar-refractivity contribution < 1.29 is 4.79 Å². The smallest absolute Gasteiger partial charge is 0.276 e. The first-order valence-electron chi connectivity index (χ1n) is 6.86. The average molecular weight is 323 g/mol. The Morgan fingerprint density at radius 3 is 3.10 bits per heavy atom. The minimum absolute atomic E-state index is 0.218. The van der Waals surface area contributed by atoms with Crippen molar-refractivity contribution in [3.8, 4) is 0 Å². The molecule has 0 aliphatic carbocycles. The number of nitrogens with two attached hydrogens (primary N) is 1. The van der Waals surface area contributed by atoms with Gasteiger partial charge in [-0.3, -0.25) is 15.0 Å². The highest BCUT2D eigenvalue weighted by Crippen LogP contribution is 2.28. The summed E-state index contributed by atoms with van der Waals surface area (Å²) in [6.07, 6.45) is 0.948. The predicted molar refractivity (Wildman–Crippen MR) is 84.7 cm³/mol. The van der Waals surface area contributed by atoms with Gasteiger partial charge in [-0.25, -0.2) is 9.97 Å². The molecule has 0 atom stereocenters. The summed E-state index contributed by atoms with van der Waals surface area (Å²) < 4.78 is 0. The maximum absolute atomic E-state index is 12.1. The molecule has 8 heteroatoms. The number of nitrogens with one attached hydrogen (secondary N) is 1. The molecule has 3 N–H and O–H groups in total. The SMILES string of the molecule is CCN1CCc2nc(NC(=O)c3csc(CN)n3)sc2C1. The average Bonchev–Trinajstić information content (AvgIpc) is 3.12. The first kappa shape index (κ1) is 14.6. The largest absolute Gasteiger partial charge is 0.325 e. The number of fused-ring (bicyclic) bond motifs is 1. The van der Waals surface area contributed by atoms with Gasteiger partial charge in [0, 0.05) is 36.3 Å². The van der Waals surface area contributed by atoms with Gasteiger partial charge in [-0.05, 0) is 6.54 Å². The van der Waals surface area contributed by atoms with Crippen LogP contribution in [0.15, 0.2) is 5.38 Å². The van der Waals surface area contributed by atoms with Crippen molar-refractivity contribution in [2.24, 2.45) is 5.73 Å². The Morgan fingerprint density at radius 1 is 1.52 bits per heavy atom. The highest BCUT2D eigenvalue weighted by molar-refractivity contribution is 7.16. The van der Waals surface area contributed by atoms with Gasteiger partial charge in [-0.15, -0.1) is 22.7 Å². The maximum Gasteiger partial charge on any atom is 0.276 e. The summed E-state index contributed by atoms with van der Waals surface area (Å²) in [5.41, 5.74) is 7.03. The summed E-state index contributed by atoms with van der Waals surface area (Å²) in [6.45, 7) is 5.52. The second kappa shape index (κ2) is 6.18. The second-order valence-corrected chi connectivity index (χ2v) is 6.82. The monoisotopic (exact) mass is 323 g/mol. The number of rotatable bonds is 4. The third kappa shape index (κ3) is 3.13. The molecule has 1 aliphatic heterocycles. The Bertz CT molecular complexity index is 651. The lowest BCUT2D eigenvalue weighted by Crippen LogP contribution is -2.29. The lowest BCUT2D eigenvalue weighted by Gasteiger charge is -2.23. The molecular weight excluding hydrogens is 306 g/mol. The Kier molecular flexibility index (Phi) is 4.29. The van der Waals surface area contributed by atoms with Gasteiger partial charge in [0.05, 0.1) is 5.69 Å². The van der Waals surface area contributed by atoms with Crippen LogP contribution in [0.1, 0.15) is 33.0 Å². The zero-order valence-electron chi connectivity index (χ0n) is 11.8. The first-order chi connectivity index (χ1) is 10.2. The second-order valence-electron chi connectivity index (χ2n) is 4.79. The quantitative estimate of drug-likeness (QED) is 0.894. The number of anilines is 1. The molecule has 6 nitrogen and oxygen atoms in total. The van der Waals surface area contributed by atoms with Crippen LogP contribution in [0.2, 0.25) is 0 Å². The van der Waals surface area contributed by atoms with Gasteiger partial charge in [0.2, 0.25) is 0 Å². The molecule has 0 saturated heterocycles. The molecule has 0 bridgehead atoms. The highest BCUT2D eigenvalue weighted by atomic mass is 32.1. The summed E-state index contributed by atoms with van der Waals surface area (Å²) in [5.74, 6) is -0.218. The summed E-state index contributed by atoms with van der Waals surface area (Å²) in [5, 5.41) is 5.98. The first-order valence-corrected chi connectivity index (χ1v) is 8.56. The molecule has 112 valence electrons. The van der Waals surface area contributed by atoms with Crippen LogP contribution in [0.4, 0.5) is 5.13 Å². The van der Waals surface area contributed by atoms with E-state index < -0.39 is 0 Å². The molecule has 0 radical (unpaired) electrons. The van der Waals surface area contributed by atoms with Crippen LogP contribution >= 0.6 is 22.7 Å². The van der Waals surface area contributed by atoms with Crippen molar-refractivity contribution in [3.63, 3.8) is 0 Å². The van der Waals surface area contributed by atoms with Gasteiger partial charge >= 0.3 is 0 Å². The van der Waals surface area contributed by atoms with E-state index in [2.05, 4.69) is 27.1 Å². The van der Waals surface area contributed by atoms with Crippen LogP contribution in [-0.2, 0) is 19.5 Å². The van der Waals surface area contributed by atoms with E-state index >= 15 is 0 Å². The fourth-order valence-electron chi connectivity index (χ4n) is 2.24. The summed E-state index contributed by atoms with van der Waals surface area (Å²) in [6, 6.07) is 0. The molecule has 0 spiro atoms. The lowest BCUT2D eigenvalue weighted by molar-refractivity contribution is 0.102. The minimum Gasteiger partial charge on any atom is -0.325 e. The van der Waals surface area contributed by atoms with Gasteiger partial charge in [0.25, 0.3) is 5.91 Å². The van der Waals surface area contributed by atoms with Crippen molar-refractivity contribution in [2.75, 3.05) is 18.4 Å². The number of carbonyl (C=O) groups excluding carboxylic acids is 1. The third-order valence-corrected chi connectivity index (χ3v) is 5.31. The molecule has 2 aromatic rings. The number of carbonyl (C=O) groups is 1. The van der Waals surface area contributed by atoms with Gasteiger partial charge in [-0.2, -0.15) is 0 Å². The van der Waals surface area contributed by atoms with E-state index in [9.17, 15) is 4.79 Å². The molecule has 2 aromatic heterocycles. The lowest BCUT2D eigenvalue weighted by atomic mass is 10.2. The molecule has 0 fully saturated rings. The number of hydrogen-bond donors (Lipinski definition) is 2. The van der Waals surface area contributed by atoms with Crippen molar-refractivity contribution in [2.45, 2.75) is 26.4 Å². The third-order valence-electron chi connectivity index (χ3n) is 3.44. The van der Waals surface area contributed by atoms with Crippen molar-refractivity contribution in [1.82, 2.24) is 14.9 Å². The molecule has 0 saturated carbocycles. The van der Waals surface area contributed by atoms with Crippen LogP contribution in [0.5, 0.6) is 0 Å². The van der Waals surface area contributed by atoms with E-state index in [-0.39, 0.29) is 5.91 Å². The molecule has 1 aliphatic rings. The van der Waals surface area contributed by atoms with Crippen LogP contribution in [0.3, 0.4) is 0 Å². The number of amides is 1. The van der Waals surface area contributed by atoms with Crippen LogP contribution in [-0.4, -0.2) is 33.9 Å². The molecule has 1 amide bonds. The number of likely N-dealkylation sites (N-methyl/N-ethyl adjacent to an activating group) is 1. The topological polar surface area (TPSA) is 84.1 Å². The zero-order chi connectivity index (χ0) is 14.8. The van der Waals surface area contributed by atoms with E-state index in [1.165, 1.54) is 16.2 Å². The molecular formula is C13H17N5OS2. The van der Waals surface area contributed by atoms with E-state index in [1.54, 1.807) is 16.7 Å². The number of hydrogen-bond acceptors (Lipinski definition) is 7. The Morgan fingerprint density at radius 2 is 2.38 bits per heavy atom. The Hall–Kier alpha value is -1.35. The van der Waals surface area contributed by atoms with Gasteiger partial charge < -0.3 is 5.73 Å². The number of aromatic nitrogens is 2. The normalized spacial score (nSPS) is 15.0. The van der Waals surface area contributed by atoms with Crippen LogP contribution in [0.25, 0.3) is 0 Å². The van der Waals surface area contributed by atoms with Crippen molar-refractivity contribution in [3.05, 3.63) is 26.7 Å². The van der Waals surface area contributed by atoms with Crippen molar-refractivity contribution >= 4 is 33.7 Å². The van der Waals surface area contributed by atoms with Crippen LogP contribution < -0.4 is 11.1 Å². The zero-order valence-corrected chi connectivity index (χ0v) is 13.4. The van der Waals surface area contributed by atoms with Crippen molar-refractivity contribution in [1.29, 1.82) is 0 Å². The van der Waals surface area contributed by atoms with Gasteiger partial charge in [-0.1, -0.05) is 6.92 Å². The Balaban J connectivity index is 1.71. The number of thiazole rings is 2. The molecule has 3 rings (SSSR count). The summed E-state index contributed by atoms with van der Waals surface area (Å²) in [4.78, 5) is 24.5. The van der Waals surface area contributed by atoms with E-state index in [0.29, 0.717) is 17.4 Å². The standard InChI is InChI=1S/C13H17N5OS2/c1-2-18-4-3-8-10(6-18)21-13(16-8)17-12(19)9-7-20-11(5-14)15-9/h7H,2-6,14H2,1H3,(H,16,17,19).